The molecule has 282 valence electrons. The molecule has 3 aliphatic carbocycles. The summed E-state index contributed by atoms with van der Waals surface area (Å²) in [4.78, 5) is 44.7. The summed E-state index contributed by atoms with van der Waals surface area (Å²) in [5.74, 6) is -1.78. The number of carbonyl (C=O) groups is 3. The Morgan fingerprint density at radius 2 is 1.86 bits per heavy atom. The van der Waals surface area contributed by atoms with Gasteiger partial charge in [0.15, 0.2) is 0 Å². The van der Waals surface area contributed by atoms with Crippen molar-refractivity contribution in [3.05, 3.63) is 35.4 Å². The Balaban J connectivity index is 1.20. The SMILES string of the molecule is CC(C)(C)OC(=O)N1C[C@@H](C(=O)N2CCC[C@H]2C(=O)N[C@@H](CCCCN)B2O[C@@H]3C[C@@H]4C[C@@H](C4(C)C)[C@]3(C)O2)[C@H](c2cccc(C(F)(F)F)c2)C1. The van der Waals surface area contributed by atoms with Crippen molar-refractivity contribution in [2.24, 2.45) is 28.9 Å². The summed E-state index contributed by atoms with van der Waals surface area (Å²) < 4.78 is 60.1. The highest BCUT2D eigenvalue weighted by molar-refractivity contribution is 6.47. The predicted octanol–water partition coefficient (Wildman–Crippen LogP) is 5.53. The number of alkyl halides is 3. The number of carbonyl (C=O) groups excluding carboxylic acids is 3. The maximum absolute atomic E-state index is 14.4. The second-order valence-electron chi connectivity index (χ2n) is 17.1. The molecule has 1 aromatic carbocycles. The van der Waals surface area contributed by atoms with Crippen LogP contribution in [0.15, 0.2) is 24.3 Å². The number of nitrogens with zero attached hydrogens (tertiary/aromatic N) is 2. The lowest BCUT2D eigenvalue weighted by Gasteiger charge is -2.64. The van der Waals surface area contributed by atoms with Crippen LogP contribution >= 0.6 is 0 Å². The number of halogens is 3. The summed E-state index contributed by atoms with van der Waals surface area (Å²) in [7, 11) is -0.634. The minimum atomic E-state index is -4.57. The summed E-state index contributed by atoms with van der Waals surface area (Å²) in [6.07, 6.45) is -0.0838. The zero-order valence-electron chi connectivity index (χ0n) is 30.8. The van der Waals surface area contributed by atoms with Gasteiger partial charge in [-0.3, -0.25) is 9.59 Å². The second kappa shape index (κ2) is 13.9. The van der Waals surface area contributed by atoms with Crippen LogP contribution in [0.3, 0.4) is 0 Å². The van der Waals surface area contributed by atoms with E-state index in [0.29, 0.717) is 49.8 Å². The fourth-order valence-electron chi connectivity index (χ4n) is 9.46. The van der Waals surface area contributed by atoms with Crippen LogP contribution in [-0.2, 0) is 29.8 Å². The maximum Gasteiger partial charge on any atom is 0.481 e. The monoisotopic (exact) mass is 718 g/mol. The van der Waals surface area contributed by atoms with E-state index >= 15 is 0 Å². The highest BCUT2D eigenvalue weighted by Crippen LogP contribution is 2.65. The fraction of sp³-hybridized carbons (Fsp3) is 0.757. The molecule has 3 saturated carbocycles. The highest BCUT2D eigenvalue weighted by Gasteiger charge is 2.68. The molecule has 6 fully saturated rings. The predicted molar refractivity (Wildman–Crippen MR) is 185 cm³/mol. The number of nitrogens with two attached hydrogens (primary N) is 1. The van der Waals surface area contributed by atoms with Crippen LogP contribution in [0.2, 0.25) is 0 Å². The molecule has 0 unspecified atom stereocenters. The smallest absolute Gasteiger partial charge is 0.444 e. The van der Waals surface area contributed by atoms with Crippen LogP contribution in [0, 0.1) is 23.2 Å². The number of ether oxygens (including phenoxy) is 1. The van der Waals surface area contributed by atoms with Crippen LogP contribution < -0.4 is 11.1 Å². The molecule has 1 aromatic rings. The van der Waals surface area contributed by atoms with Crippen LogP contribution in [0.1, 0.15) is 104 Å². The lowest BCUT2D eigenvalue weighted by atomic mass is 9.43. The molecule has 0 spiro atoms. The van der Waals surface area contributed by atoms with Crippen LogP contribution in [0.5, 0.6) is 0 Å². The standard InChI is InChI=1S/C37H54BF3N4O6/c1-34(2,3)49-33(48)44-20-25(22-11-9-12-23(17-22)37(39,40)41)26(21-44)32(47)45-16-10-13-27(45)31(46)43-30(14-7-8-15-42)38-50-29-19-24-18-28(35(24,4)5)36(29,6)51-38/h9,11-12,17,24-30H,7-8,10,13-16,18-21,42H2,1-6H3,(H,43,46)/t24-,25-,26+,27-,28-,29+,30-,36-/m0/s1. The molecule has 10 nitrogen and oxygen atoms in total. The lowest BCUT2D eigenvalue weighted by Crippen LogP contribution is -2.65. The normalized spacial score (nSPS) is 32.0. The molecule has 51 heavy (non-hydrogen) atoms. The molecule has 3 N–H and O–H groups in total. The van der Waals surface area contributed by atoms with Gasteiger partial charge in [0, 0.05) is 25.6 Å². The number of rotatable bonds is 9. The number of hydrogen-bond acceptors (Lipinski definition) is 7. The molecular formula is C37H54BF3N4O6. The van der Waals surface area contributed by atoms with Gasteiger partial charge in [0.2, 0.25) is 11.8 Å². The molecule has 14 heteroatoms. The Kier molecular flexibility index (Phi) is 10.3. The van der Waals surface area contributed by atoms with Crippen LogP contribution in [0.25, 0.3) is 0 Å². The second-order valence-corrected chi connectivity index (χ2v) is 17.1. The first-order chi connectivity index (χ1) is 23.8. The molecule has 3 aliphatic heterocycles. The van der Waals surface area contributed by atoms with E-state index in [-0.39, 0.29) is 36.4 Å². The van der Waals surface area contributed by atoms with E-state index in [4.69, 9.17) is 19.8 Å². The van der Waals surface area contributed by atoms with E-state index in [0.717, 1.165) is 37.8 Å². The average Bonchev–Trinajstić information content (AvgIpc) is 3.79. The summed E-state index contributed by atoms with van der Waals surface area (Å²) in [5, 5.41) is 3.20. The number of likely N-dealkylation sites (tertiary alicyclic amines) is 2. The minimum Gasteiger partial charge on any atom is -0.444 e. The highest BCUT2D eigenvalue weighted by atomic mass is 19.4. The summed E-state index contributed by atoms with van der Waals surface area (Å²) in [5.41, 5.74) is 4.20. The fourth-order valence-corrected chi connectivity index (χ4v) is 9.46. The molecule has 7 rings (SSSR count). The number of unbranched alkanes of at least 4 members (excludes halogenated alkanes) is 1. The Bertz CT molecular complexity index is 1490. The van der Waals surface area contributed by atoms with Crippen molar-refractivity contribution in [3.63, 3.8) is 0 Å². The van der Waals surface area contributed by atoms with Crippen LogP contribution in [-0.4, -0.2) is 90.3 Å². The van der Waals surface area contributed by atoms with Crippen molar-refractivity contribution in [1.82, 2.24) is 15.1 Å². The van der Waals surface area contributed by atoms with Crippen LogP contribution in [0.4, 0.5) is 18.0 Å². The van der Waals surface area contributed by atoms with E-state index in [1.165, 1.54) is 11.0 Å². The zero-order chi connectivity index (χ0) is 37.1. The molecule has 2 bridgehead atoms. The topological polar surface area (TPSA) is 123 Å². The van der Waals surface area contributed by atoms with Gasteiger partial charge >= 0.3 is 19.4 Å². The Labute approximate surface area is 299 Å². The summed E-state index contributed by atoms with van der Waals surface area (Å²) >= 11 is 0. The van der Waals surface area contributed by atoms with E-state index < -0.39 is 60.0 Å². The van der Waals surface area contributed by atoms with Gasteiger partial charge in [-0.1, -0.05) is 38.5 Å². The summed E-state index contributed by atoms with van der Waals surface area (Å²) in [6.45, 7) is 12.7. The first-order valence-corrected chi connectivity index (χ1v) is 18.6. The van der Waals surface area contributed by atoms with Crippen molar-refractivity contribution in [3.8, 4) is 0 Å². The van der Waals surface area contributed by atoms with Gasteiger partial charge in [-0.15, -0.1) is 0 Å². The third kappa shape index (κ3) is 7.38. The Hall–Kier alpha value is -2.84. The Morgan fingerprint density at radius 3 is 2.53 bits per heavy atom. The van der Waals surface area contributed by atoms with E-state index in [9.17, 15) is 27.6 Å². The van der Waals surface area contributed by atoms with Gasteiger partial charge in [-0.05, 0) is 102 Å². The van der Waals surface area contributed by atoms with E-state index in [1.807, 2.05) is 0 Å². The molecule has 8 atom stereocenters. The largest absolute Gasteiger partial charge is 0.481 e. The van der Waals surface area contributed by atoms with E-state index in [2.05, 4.69) is 26.1 Å². The van der Waals surface area contributed by atoms with Gasteiger partial charge in [-0.2, -0.15) is 13.2 Å². The van der Waals surface area contributed by atoms with E-state index in [1.54, 1.807) is 31.7 Å². The molecular weight excluding hydrogens is 664 g/mol. The van der Waals surface area contributed by atoms with Gasteiger partial charge in [0.1, 0.15) is 11.6 Å². The maximum atomic E-state index is 14.4. The first-order valence-electron chi connectivity index (χ1n) is 18.6. The zero-order valence-corrected chi connectivity index (χ0v) is 30.8. The molecule has 3 saturated heterocycles. The van der Waals surface area contributed by atoms with Gasteiger partial charge in [0.05, 0.1) is 29.1 Å². The number of hydrogen-bond donors (Lipinski definition) is 2. The van der Waals surface area contributed by atoms with Crippen molar-refractivity contribution in [2.75, 3.05) is 26.2 Å². The minimum absolute atomic E-state index is 0.00942. The summed E-state index contributed by atoms with van der Waals surface area (Å²) in [6, 6.07) is 4.14. The number of benzene rings is 1. The molecule has 3 heterocycles. The van der Waals surface area contributed by atoms with Crippen molar-refractivity contribution >= 4 is 25.0 Å². The molecule has 0 aromatic heterocycles. The third-order valence-electron chi connectivity index (χ3n) is 12.4. The van der Waals surface area contributed by atoms with Gasteiger partial charge in [-0.25, -0.2) is 4.79 Å². The van der Waals surface area contributed by atoms with Gasteiger partial charge < -0.3 is 34.9 Å². The molecule has 6 aliphatic rings. The molecule has 0 radical (unpaired) electrons. The molecule has 3 amide bonds. The number of amides is 3. The Morgan fingerprint density at radius 1 is 1.12 bits per heavy atom. The third-order valence-corrected chi connectivity index (χ3v) is 12.4. The average molecular weight is 719 g/mol. The van der Waals surface area contributed by atoms with Crippen molar-refractivity contribution in [2.45, 2.75) is 128 Å². The van der Waals surface area contributed by atoms with Gasteiger partial charge in [0.25, 0.3) is 0 Å². The quantitative estimate of drug-likeness (QED) is 0.255. The van der Waals surface area contributed by atoms with Crippen molar-refractivity contribution in [1.29, 1.82) is 0 Å². The first kappa shape index (κ1) is 37.9. The number of nitrogens with one attached hydrogen (secondary N) is 1. The lowest BCUT2D eigenvalue weighted by molar-refractivity contribution is -0.199. The van der Waals surface area contributed by atoms with Crippen molar-refractivity contribution < 1.29 is 41.6 Å².